The molecule has 47 heavy (non-hydrogen) atoms. The van der Waals surface area contributed by atoms with Crippen molar-refractivity contribution >= 4 is 41.1 Å². The Morgan fingerprint density at radius 1 is 0.766 bits per heavy atom. The Morgan fingerprint density at radius 3 is 2.04 bits per heavy atom. The molecule has 0 aromatic heterocycles. The second-order valence-corrected chi connectivity index (χ2v) is 12.4. The highest BCUT2D eigenvalue weighted by molar-refractivity contribution is 6.27. The average Bonchev–Trinajstić information content (AvgIpc) is 3.06. The SMILES string of the molecule is Cc1ccc(CNC(=O)C(Cc2ccccc2)NC(=O)C(CC(C)C)NC(=O)C(CNC(=O)CCl)NC(=O)CN2CCOCC2)cc1. The molecule has 0 bridgehead atoms. The molecular formula is C34H47ClN6O6. The zero-order valence-corrected chi connectivity index (χ0v) is 28.1. The largest absolute Gasteiger partial charge is 0.379 e. The smallest absolute Gasteiger partial charge is 0.245 e. The fourth-order valence-corrected chi connectivity index (χ4v) is 5.09. The lowest BCUT2D eigenvalue weighted by Gasteiger charge is -2.28. The molecule has 1 saturated heterocycles. The van der Waals surface area contributed by atoms with E-state index >= 15 is 0 Å². The molecule has 0 spiro atoms. The predicted molar refractivity (Wildman–Crippen MR) is 179 cm³/mol. The Bertz CT molecular complexity index is 1320. The van der Waals surface area contributed by atoms with E-state index in [1.807, 2.05) is 80.3 Å². The molecule has 1 aliphatic heterocycles. The maximum Gasteiger partial charge on any atom is 0.245 e. The highest BCUT2D eigenvalue weighted by atomic mass is 35.5. The van der Waals surface area contributed by atoms with Crippen molar-refractivity contribution < 1.29 is 28.7 Å². The zero-order chi connectivity index (χ0) is 34.2. The van der Waals surface area contributed by atoms with Gasteiger partial charge < -0.3 is 31.3 Å². The number of amides is 5. The summed E-state index contributed by atoms with van der Waals surface area (Å²) in [7, 11) is 0. The first kappa shape index (κ1) is 37.5. The monoisotopic (exact) mass is 670 g/mol. The quantitative estimate of drug-likeness (QED) is 0.157. The van der Waals surface area contributed by atoms with Gasteiger partial charge in [0.15, 0.2) is 0 Å². The minimum absolute atomic E-state index is 0.000648. The Labute approximate surface area is 281 Å². The third kappa shape index (κ3) is 13.7. The van der Waals surface area contributed by atoms with Crippen LogP contribution >= 0.6 is 11.6 Å². The van der Waals surface area contributed by atoms with Crippen LogP contribution in [0.2, 0.25) is 0 Å². The van der Waals surface area contributed by atoms with Crippen LogP contribution in [-0.2, 0) is 41.7 Å². The van der Waals surface area contributed by atoms with Crippen LogP contribution in [0.4, 0.5) is 0 Å². The summed E-state index contributed by atoms with van der Waals surface area (Å²) in [5.74, 6) is -2.80. The molecular weight excluding hydrogens is 624 g/mol. The number of alkyl halides is 1. The third-order valence-electron chi connectivity index (χ3n) is 7.59. The van der Waals surface area contributed by atoms with Crippen LogP contribution in [-0.4, -0.2) is 97.8 Å². The number of ether oxygens (including phenoxy) is 1. The van der Waals surface area contributed by atoms with Crippen LogP contribution in [0.3, 0.4) is 0 Å². The number of carbonyl (C=O) groups is 5. The van der Waals surface area contributed by atoms with Crippen LogP contribution in [0, 0.1) is 12.8 Å². The molecule has 3 atom stereocenters. The molecule has 0 aliphatic carbocycles. The second kappa shape index (κ2) is 19.6. The van der Waals surface area contributed by atoms with Gasteiger partial charge in [0, 0.05) is 32.6 Å². The van der Waals surface area contributed by atoms with Crippen molar-refractivity contribution in [2.24, 2.45) is 5.92 Å². The van der Waals surface area contributed by atoms with E-state index in [-0.39, 0.29) is 50.2 Å². The van der Waals surface area contributed by atoms with Gasteiger partial charge in [-0.05, 0) is 30.4 Å². The third-order valence-corrected chi connectivity index (χ3v) is 7.83. The lowest BCUT2D eigenvalue weighted by Crippen LogP contribution is -2.59. The molecule has 0 radical (unpaired) electrons. The highest BCUT2D eigenvalue weighted by Gasteiger charge is 2.31. The average molecular weight is 671 g/mol. The molecule has 1 aliphatic rings. The standard InChI is InChI=1S/C34H47ClN6O6/c1-23(2)17-27(39-34(46)29(21-36-30(42)19-35)38-31(43)22-41-13-15-47-16-14-41)33(45)40-28(18-25-7-5-4-6-8-25)32(44)37-20-26-11-9-24(3)10-12-26/h4-12,23,27-29H,13-22H2,1-3H3,(H,36,42)(H,37,44)(H,38,43)(H,39,46)(H,40,45). The van der Waals surface area contributed by atoms with Crippen molar-refractivity contribution in [2.45, 2.75) is 58.3 Å². The molecule has 13 heteroatoms. The van der Waals surface area contributed by atoms with E-state index < -0.39 is 41.8 Å². The van der Waals surface area contributed by atoms with Crippen LogP contribution in [0.15, 0.2) is 54.6 Å². The first-order valence-electron chi connectivity index (χ1n) is 15.9. The van der Waals surface area contributed by atoms with Gasteiger partial charge in [0.25, 0.3) is 0 Å². The number of halogens is 1. The predicted octanol–water partition coefficient (Wildman–Crippen LogP) is 1.04. The number of nitrogens with one attached hydrogen (secondary N) is 5. The lowest BCUT2D eigenvalue weighted by molar-refractivity contribution is -0.134. The topological polar surface area (TPSA) is 158 Å². The van der Waals surface area contributed by atoms with Crippen molar-refractivity contribution in [1.82, 2.24) is 31.5 Å². The molecule has 2 aromatic rings. The molecule has 256 valence electrons. The van der Waals surface area contributed by atoms with Crippen LogP contribution in [0.25, 0.3) is 0 Å². The van der Waals surface area contributed by atoms with Crippen molar-refractivity contribution in [3.63, 3.8) is 0 Å². The van der Waals surface area contributed by atoms with Gasteiger partial charge in [0.1, 0.15) is 24.0 Å². The van der Waals surface area contributed by atoms with Crippen molar-refractivity contribution in [2.75, 3.05) is 45.3 Å². The normalized spacial score (nSPS) is 15.2. The molecule has 1 fully saturated rings. The number of aryl methyl sites for hydroxylation is 1. The maximum atomic E-state index is 13.8. The van der Waals surface area contributed by atoms with Crippen LogP contribution < -0.4 is 26.6 Å². The first-order valence-corrected chi connectivity index (χ1v) is 16.5. The minimum Gasteiger partial charge on any atom is -0.379 e. The number of morpholine rings is 1. The number of hydrogen-bond acceptors (Lipinski definition) is 7. The summed E-state index contributed by atoms with van der Waals surface area (Å²) in [5.41, 5.74) is 2.88. The number of carbonyl (C=O) groups excluding carboxylic acids is 5. The minimum atomic E-state index is -1.17. The summed E-state index contributed by atoms with van der Waals surface area (Å²) in [6, 6.07) is 14.0. The first-order chi connectivity index (χ1) is 22.5. The van der Waals surface area contributed by atoms with Gasteiger partial charge in [-0.2, -0.15) is 0 Å². The summed E-state index contributed by atoms with van der Waals surface area (Å²) in [5, 5.41) is 13.7. The fourth-order valence-electron chi connectivity index (χ4n) is 5.00. The zero-order valence-electron chi connectivity index (χ0n) is 27.4. The van der Waals surface area contributed by atoms with Gasteiger partial charge in [-0.15, -0.1) is 11.6 Å². The van der Waals surface area contributed by atoms with E-state index in [2.05, 4.69) is 26.6 Å². The molecule has 0 saturated carbocycles. The van der Waals surface area contributed by atoms with Crippen molar-refractivity contribution in [3.05, 3.63) is 71.3 Å². The Hall–Kier alpha value is -4.00. The number of nitrogens with zero attached hydrogens (tertiary/aromatic N) is 1. The maximum absolute atomic E-state index is 13.8. The van der Waals surface area contributed by atoms with E-state index in [4.69, 9.17) is 16.3 Å². The summed E-state index contributed by atoms with van der Waals surface area (Å²) in [4.78, 5) is 67.4. The van der Waals surface area contributed by atoms with Gasteiger partial charge in [0.05, 0.1) is 19.8 Å². The summed E-state index contributed by atoms with van der Waals surface area (Å²) in [6.07, 6.45) is 0.502. The molecule has 5 N–H and O–H groups in total. The fraction of sp³-hybridized carbons (Fsp3) is 0.500. The number of hydrogen-bond donors (Lipinski definition) is 5. The van der Waals surface area contributed by atoms with Gasteiger partial charge in [0.2, 0.25) is 29.5 Å². The van der Waals surface area contributed by atoms with Crippen LogP contribution in [0.1, 0.15) is 37.0 Å². The molecule has 3 rings (SSSR count). The Balaban J connectivity index is 1.73. The van der Waals surface area contributed by atoms with E-state index in [0.717, 1.165) is 16.7 Å². The molecule has 5 amide bonds. The van der Waals surface area contributed by atoms with E-state index in [1.165, 1.54) is 0 Å². The van der Waals surface area contributed by atoms with Crippen molar-refractivity contribution in [3.8, 4) is 0 Å². The molecule has 3 unspecified atom stereocenters. The summed E-state index contributed by atoms with van der Waals surface area (Å²) < 4.78 is 5.33. The van der Waals surface area contributed by atoms with E-state index in [0.29, 0.717) is 26.3 Å². The second-order valence-electron chi connectivity index (χ2n) is 12.1. The highest BCUT2D eigenvalue weighted by Crippen LogP contribution is 2.10. The van der Waals surface area contributed by atoms with Gasteiger partial charge in [-0.3, -0.25) is 28.9 Å². The molecule has 1 heterocycles. The Kier molecular flexibility index (Phi) is 15.6. The Morgan fingerprint density at radius 2 is 1.40 bits per heavy atom. The summed E-state index contributed by atoms with van der Waals surface area (Å²) in [6.45, 7) is 8.07. The number of rotatable bonds is 17. The molecule has 12 nitrogen and oxygen atoms in total. The number of benzene rings is 2. The van der Waals surface area contributed by atoms with Gasteiger partial charge >= 0.3 is 0 Å². The van der Waals surface area contributed by atoms with E-state index in [1.54, 1.807) is 0 Å². The summed E-state index contributed by atoms with van der Waals surface area (Å²) >= 11 is 5.62. The van der Waals surface area contributed by atoms with Gasteiger partial charge in [-0.25, -0.2) is 0 Å². The lowest BCUT2D eigenvalue weighted by atomic mass is 10.0. The van der Waals surface area contributed by atoms with Crippen molar-refractivity contribution in [1.29, 1.82) is 0 Å². The van der Waals surface area contributed by atoms with Crippen LogP contribution in [0.5, 0.6) is 0 Å². The van der Waals surface area contributed by atoms with Gasteiger partial charge in [-0.1, -0.05) is 74.0 Å². The van der Waals surface area contributed by atoms with E-state index in [9.17, 15) is 24.0 Å². The molecule has 2 aromatic carbocycles.